The Hall–Kier alpha value is -1.37. The summed E-state index contributed by atoms with van der Waals surface area (Å²) in [6.07, 6.45) is 5.06. The first-order chi connectivity index (χ1) is 11.7. The van der Waals surface area contributed by atoms with Gasteiger partial charge in [-0.2, -0.15) is 0 Å². The standard InChI is InChI=1S/C18H29N3O3/c22-15-16-4-1-2-6-20(12-16)14-18(23)21-9-7-19(8-10-21)13-17-5-3-11-24-17/h3,5,11,16,22H,1-2,4,6-10,12-15H2. The van der Waals surface area contributed by atoms with Crippen molar-refractivity contribution in [2.45, 2.75) is 25.8 Å². The van der Waals surface area contributed by atoms with E-state index in [0.29, 0.717) is 12.5 Å². The first-order valence-corrected chi connectivity index (χ1v) is 9.10. The highest BCUT2D eigenvalue weighted by Crippen LogP contribution is 2.16. The van der Waals surface area contributed by atoms with Crippen LogP contribution in [0.5, 0.6) is 0 Å². The van der Waals surface area contributed by atoms with Crippen LogP contribution in [0.1, 0.15) is 25.0 Å². The van der Waals surface area contributed by atoms with E-state index in [-0.39, 0.29) is 12.5 Å². The number of amides is 1. The zero-order valence-corrected chi connectivity index (χ0v) is 14.4. The fourth-order valence-corrected chi connectivity index (χ4v) is 3.68. The van der Waals surface area contributed by atoms with Crippen LogP contribution < -0.4 is 0 Å². The Morgan fingerprint density at radius 3 is 2.71 bits per heavy atom. The molecule has 134 valence electrons. The summed E-state index contributed by atoms with van der Waals surface area (Å²) in [6.45, 7) is 6.73. The highest BCUT2D eigenvalue weighted by Gasteiger charge is 2.25. The summed E-state index contributed by atoms with van der Waals surface area (Å²) in [5, 5.41) is 9.42. The number of furan rings is 1. The number of likely N-dealkylation sites (tertiary alicyclic amines) is 1. The van der Waals surface area contributed by atoms with E-state index in [9.17, 15) is 9.90 Å². The van der Waals surface area contributed by atoms with Crippen molar-refractivity contribution < 1.29 is 14.3 Å². The predicted octanol–water partition coefficient (Wildman–Crippen LogP) is 1.02. The maximum atomic E-state index is 12.6. The largest absolute Gasteiger partial charge is 0.468 e. The molecule has 2 saturated heterocycles. The lowest BCUT2D eigenvalue weighted by Crippen LogP contribution is -2.51. The van der Waals surface area contributed by atoms with Gasteiger partial charge in [-0.3, -0.25) is 14.6 Å². The van der Waals surface area contributed by atoms with E-state index in [1.165, 1.54) is 0 Å². The highest BCUT2D eigenvalue weighted by molar-refractivity contribution is 5.78. The van der Waals surface area contributed by atoms with Gasteiger partial charge in [0.1, 0.15) is 5.76 Å². The third-order valence-electron chi connectivity index (χ3n) is 5.15. The molecule has 3 rings (SSSR count). The molecule has 1 N–H and O–H groups in total. The molecule has 1 aromatic rings. The third kappa shape index (κ3) is 4.82. The van der Waals surface area contributed by atoms with E-state index in [0.717, 1.165) is 70.8 Å². The van der Waals surface area contributed by atoms with Gasteiger partial charge in [0.05, 0.1) is 19.4 Å². The van der Waals surface area contributed by atoms with Gasteiger partial charge >= 0.3 is 0 Å². The minimum absolute atomic E-state index is 0.228. The zero-order valence-electron chi connectivity index (χ0n) is 14.4. The Morgan fingerprint density at radius 1 is 1.17 bits per heavy atom. The molecule has 0 aliphatic carbocycles. The number of rotatable bonds is 5. The molecule has 24 heavy (non-hydrogen) atoms. The zero-order chi connectivity index (χ0) is 16.8. The summed E-state index contributed by atoms with van der Waals surface area (Å²) < 4.78 is 5.39. The van der Waals surface area contributed by atoms with Gasteiger partial charge in [-0.1, -0.05) is 6.42 Å². The molecular formula is C18H29N3O3. The van der Waals surface area contributed by atoms with Crippen molar-refractivity contribution in [3.8, 4) is 0 Å². The number of hydrogen-bond donors (Lipinski definition) is 1. The second-order valence-electron chi connectivity index (χ2n) is 7.02. The van der Waals surface area contributed by atoms with E-state index < -0.39 is 0 Å². The molecule has 1 aromatic heterocycles. The van der Waals surface area contributed by atoms with Crippen LogP contribution in [0.15, 0.2) is 22.8 Å². The minimum atomic E-state index is 0.228. The molecule has 1 atom stereocenters. The number of carbonyl (C=O) groups excluding carboxylic acids is 1. The van der Waals surface area contributed by atoms with Crippen molar-refractivity contribution in [2.75, 3.05) is 52.4 Å². The molecule has 6 heteroatoms. The number of hydrogen-bond acceptors (Lipinski definition) is 5. The van der Waals surface area contributed by atoms with Crippen LogP contribution in [0.25, 0.3) is 0 Å². The molecule has 0 bridgehead atoms. The van der Waals surface area contributed by atoms with Gasteiger partial charge in [0.2, 0.25) is 5.91 Å². The second kappa shape index (κ2) is 8.65. The summed E-state index contributed by atoms with van der Waals surface area (Å²) >= 11 is 0. The van der Waals surface area contributed by atoms with Gasteiger partial charge in [-0.25, -0.2) is 0 Å². The molecule has 3 heterocycles. The van der Waals surface area contributed by atoms with E-state index >= 15 is 0 Å². The summed E-state index contributed by atoms with van der Waals surface area (Å²) in [5.41, 5.74) is 0. The van der Waals surface area contributed by atoms with Crippen molar-refractivity contribution in [3.63, 3.8) is 0 Å². The van der Waals surface area contributed by atoms with E-state index in [1.54, 1.807) is 6.26 Å². The van der Waals surface area contributed by atoms with Crippen molar-refractivity contribution in [1.29, 1.82) is 0 Å². The van der Waals surface area contributed by atoms with Crippen LogP contribution in [0.2, 0.25) is 0 Å². The Bertz CT molecular complexity index is 498. The molecule has 0 radical (unpaired) electrons. The topological polar surface area (TPSA) is 60.2 Å². The van der Waals surface area contributed by atoms with Gasteiger partial charge in [0.25, 0.3) is 0 Å². The summed E-state index contributed by atoms with van der Waals surface area (Å²) in [5.74, 6) is 1.53. The lowest BCUT2D eigenvalue weighted by atomic mass is 10.1. The van der Waals surface area contributed by atoms with E-state index in [4.69, 9.17) is 4.42 Å². The average molecular weight is 335 g/mol. The number of nitrogens with zero attached hydrogens (tertiary/aromatic N) is 3. The number of aliphatic hydroxyl groups excluding tert-OH is 1. The molecule has 2 aliphatic heterocycles. The molecule has 0 aromatic carbocycles. The first-order valence-electron chi connectivity index (χ1n) is 9.10. The quantitative estimate of drug-likeness (QED) is 0.870. The Morgan fingerprint density at radius 2 is 2.00 bits per heavy atom. The van der Waals surface area contributed by atoms with E-state index in [1.807, 2.05) is 17.0 Å². The molecule has 0 spiro atoms. The fraction of sp³-hybridized carbons (Fsp3) is 0.722. The van der Waals surface area contributed by atoms with Gasteiger partial charge in [0.15, 0.2) is 0 Å². The lowest BCUT2D eigenvalue weighted by molar-refractivity contribution is -0.134. The van der Waals surface area contributed by atoms with Crippen LogP contribution in [-0.2, 0) is 11.3 Å². The van der Waals surface area contributed by atoms with Crippen LogP contribution >= 0.6 is 0 Å². The molecule has 1 amide bonds. The maximum Gasteiger partial charge on any atom is 0.236 e. The first kappa shape index (κ1) is 17.5. The summed E-state index contributed by atoms with van der Waals surface area (Å²) in [4.78, 5) is 19.1. The second-order valence-corrected chi connectivity index (χ2v) is 7.02. The van der Waals surface area contributed by atoms with Crippen molar-refractivity contribution in [2.24, 2.45) is 5.92 Å². The van der Waals surface area contributed by atoms with E-state index in [2.05, 4.69) is 9.80 Å². The number of carbonyl (C=O) groups is 1. The van der Waals surface area contributed by atoms with Crippen LogP contribution in [0, 0.1) is 5.92 Å². The van der Waals surface area contributed by atoms with Crippen LogP contribution in [-0.4, -0.2) is 78.1 Å². The van der Waals surface area contributed by atoms with Crippen molar-refractivity contribution >= 4 is 5.91 Å². The van der Waals surface area contributed by atoms with Gasteiger partial charge in [0, 0.05) is 39.3 Å². The minimum Gasteiger partial charge on any atom is -0.468 e. The molecule has 1 unspecified atom stereocenters. The smallest absolute Gasteiger partial charge is 0.236 e. The number of piperazine rings is 1. The van der Waals surface area contributed by atoms with Gasteiger partial charge in [-0.15, -0.1) is 0 Å². The monoisotopic (exact) mass is 335 g/mol. The van der Waals surface area contributed by atoms with Gasteiger partial charge in [-0.05, 0) is 37.4 Å². The number of aliphatic hydroxyl groups is 1. The fourth-order valence-electron chi connectivity index (χ4n) is 3.68. The third-order valence-corrected chi connectivity index (χ3v) is 5.15. The van der Waals surface area contributed by atoms with Crippen LogP contribution in [0.4, 0.5) is 0 Å². The molecular weight excluding hydrogens is 306 g/mol. The van der Waals surface area contributed by atoms with Crippen LogP contribution in [0.3, 0.4) is 0 Å². The summed E-state index contributed by atoms with van der Waals surface area (Å²) in [7, 11) is 0. The van der Waals surface area contributed by atoms with Crippen molar-refractivity contribution in [3.05, 3.63) is 24.2 Å². The normalized spacial score (nSPS) is 24.0. The Balaban J connectivity index is 1.43. The summed E-state index contributed by atoms with van der Waals surface area (Å²) in [6, 6.07) is 3.91. The van der Waals surface area contributed by atoms with Gasteiger partial charge < -0.3 is 14.4 Å². The molecule has 6 nitrogen and oxygen atoms in total. The SMILES string of the molecule is O=C(CN1CCCCC(CO)C1)N1CCN(Cc2ccco2)CC1. The lowest BCUT2D eigenvalue weighted by Gasteiger charge is -2.35. The average Bonchev–Trinajstić information content (AvgIpc) is 3.00. The Kier molecular flexibility index (Phi) is 6.29. The van der Waals surface area contributed by atoms with Crippen molar-refractivity contribution in [1.82, 2.24) is 14.7 Å². The molecule has 2 fully saturated rings. The highest BCUT2D eigenvalue weighted by atomic mass is 16.3. The Labute approximate surface area is 144 Å². The molecule has 0 saturated carbocycles. The molecule has 2 aliphatic rings. The maximum absolute atomic E-state index is 12.6. The predicted molar refractivity (Wildman–Crippen MR) is 91.4 cm³/mol.